The summed E-state index contributed by atoms with van der Waals surface area (Å²) in [6.45, 7) is 0.425. The lowest BCUT2D eigenvalue weighted by molar-refractivity contribution is 0.377. The van der Waals surface area contributed by atoms with Crippen molar-refractivity contribution < 1.29 is 14.9 Å². The van der Waals surface area contributed by atoms with Crippen LogP contribution in [0.25, 0.3) is 0 Å². The highest BCUT2D eigenvalue weighted by molar-refractivity contribution is 5.30. The summed E-state index contributed by atoms with van der Waals surface area (Å²) in [4.78, 5) is 0. The molecule has 4 nitrogen and oxygen atoms in total. The molecule has 2 rings (SSSR count). The highest BCUT2D eigenvalue weighted by Gasteiger charge is 2.05. The van der Waals surface area contributed by atoms with Gasteiger partial charge in [-0.3, -0.25) is 4.57 Å². The molecular formula is C12H13NO3. The van der Waals surface area contributed by atoms with Crippen LogP contribution < -0.4 is 4.74 Å². The SMILES string of the molecule is COc1ccc(Cn2c(O)ccc2O)cc1. The van der Waals surface area contributed by atoms with E-state index in [4.69, 9.17) is 4.74 Å². The summed E-state index contributed by atoms with van der Waals surface area (Å²) in [5.74, 6) is 0.881. The number of methoxy groups -OCH3 is 1. The Morgan fingerprint density at radius 2 is 1.56 bits per heavy atom. The van der Waals surface area contributed by atoms with Crippen LogP contribution in [-0.2, 0) is 6.54 Å². The molecule has 0 saturated heterocycles. The zero-order chi connectivity index (χ0) is 11.5. The predicted molar refractivity (Wildman–Crippen MR) is 59.9 cm³/mol. The number of hydrogen-bond acceptors (Lipinski definition) is 3. The van der Waals surface area contributed by atoms with Crippen molar-refractivity contribution in [1.29, 1.82) is 0 Å². The highest BCUT2D eigenvalue weighted by Crippen LogP contribution is 2.23. The van der Waals surface area contributed by atoms with Crippen LogP contribution in [0.3, 0.4) is 0 Å². The fourth-order valence-electron chi connectivity index (χ4n) is 1.52. The van der Waals surface area contributed by atoms with Gasteiger partial charge in [-0.2, -0.15) is 0 Å². The third-order valence-corrected chi connectivity index (χ3v) is 2.43. The second kappa shape index (κ2) is 4.18. The molecule has 1 aromatic carbocycles. The van der Waals surface area contributed by atoms with Crippen LogP contribution in [0.15, 0.2) is 36.4 Å². The number of rotatable bonds is 3. The van der Waals surface area contributed by atoms with Crippen molar-refractivity contribution in [1.82, 2.24) is 4.57 Å². The number of aromatic nitrogens is 1. The van der Waals surface area contributed by atoms with Gasteiger partial charge in [-0.25, -0.2) is 0 Å². The molecule has 0 aliphatic carbocycles. The minimum Gasteiger partial charge on any atom is -0.497 e. The third-order valence-electron chi connectivity index (χ3n) is 2.43. The zero-order valence-corrected chi connectivity index (χ0v) is 8.92. The van der Waals surface area contributed by atoms with Crippen molar-refractivity contribution in [3.8, 4) is 17.5 Å². The van der Waals surface area contributed by atoms with Crippen LogP contribution in [0, 0.1) is 0 Å². The van der Waals surface area contributed by atoms with Gasteiger partial charge in [0.1, 0.15) is 5.75 Å². The number of benzene rings is 1. The molecule has 0 aliphatic heterocycles. The Balaban J connectivity index is 2.20. The van der Waals surface area contributed by atoms with Gasteiger partial charge in [0.25, 0.3) is 0 Å². The molecule has 0 saturated carbocycles. The first-order chi connectivity index (χ1) is 7.70. The normalized spacial score (nSPS) is 10.3. The van der Waals surface area contributed by atoms with E-state index in [2.05, 4.69) is 0 Å². The molecule has 0 fully saturated rings. The molecular weight excluding hydrogens is 206 g/mol. The number of aromatic hydroxyl groups is 2. The van der Waals surface area contributed by atoms with Gasteiger partial charge >= 0.3 is 0 Å². The van der Waals surface area contributed by atoms with Crippen molar-refractivity contribution in [2.45, 2.75) is 6.54 Å². The minimum absolute atomic E-state index is 0.0494. The third kappa shape index (κ3) is 1.95. The summed E-state index contributed by atoms with van der Waals surface area (Å²) in [6, 6.07) is 10.4. The van der Waals surface area contributed by atoms with Crippen LogP contribution >= 0.6 is 0 Å². The first kappa shape index (κ1) is 10.4. The standard InChI is InChI=1S/C12H13NO3/c1-16-10-4-2-9(3-5-10)8-13-11(14)6-7-12(13)15/h2-7,14-15H,8H2,1H3. The summed E-state index contributed by atoms with van der Waals surface area (Å²) in [7, 11) is 1.61. The topological polar surface area (TPSA) is 54.6 Å². The molecule has 0 bridgehead atoms. The molecule has 0 aliphatic rings. The van der Waals surface area contributed by atoms with Gasteiger partial charge in [-0.05, 0) is 17.7 Å². The van der Waals surface area contributed by atoms with E-state index >= 15 is 0 Å². The van der Waals surface area contributed by atoms with Crippen molar-refractivity contribution in [2.75, 3.05) is 7.11 Å². The Morgan fingerprint density at radius 3 is 2.06 bits per heavy atom. The molecule has 2 aromatic rings. The molecule has 16 heavy (non-hydrogen) atoms. The molecule has 2 N–H and O–H groups in total. The Hall–Kier alpha value is -2.10. The first-order valence-corrected chi connectivity index (χ1v) is 4.91. The first-order valence-electron chi connectivity index (χ1n) is 4.91. The lowest BCUT2D eigenvalue weighted by Crippen LogP contribution is -1.98. The van der Waals surface area contributed by atoms with Crippen LogP contribution in [0.4, 0.5) is 0 Å². The van der Waals surface area contributed by atoms with Gasteiger partial charge in [-0.1, -0.05) is 12.1 Å². The molecule has 0 radical (unpaired) electrons. The van der Waals surface area contributed by atoms with E-state index in [9.17, 15) is 10.2 Å². The quantitative estimate of drug-likeness (QED) is 0.829. The van der Waals surface area contributed by atoms with Crippen LogP contribution in [0.2, 0.25) is 0 Å². The summed E-state index contributed by atoms with van der Waals surface area (Å²) in [6.07, 6.45) is 0. The van der Waals surface area contributed by atoms with Gasteiger partial charge in [0.2, 0.25) is 0 Å². The maximum Gasteiger partial charge on any atom is 0.194 e. The van der Waals surface area contributed by atoms with Gasteiger partial charge in [0, 0.05) is 12.1 Å². The average molecular weight is 219 g/mol. The zero-order valence-electron chi connectivity index (χ0n) is 8.92. The Labute approximate surface area is 93.3 Å². The fraction of sp³-hybridized carbons (Fsp3) is 0.167. The van der Waals surface area contributed by atoms with Crippen LogP contribution in [-0.4, -0.2) is 21.9 Å². The molecule has 84 valence electrons. The highest BCUT2D eigenvalue weighted by atomic mass is 16.5. The molecule has 4 heteroatoms. The van der Waals surface area contributed by atoms with Crippen molar-refractivity contribution in [2.24, 2.45) is 0 Å². The maximum atomic E-state index is 9.47. The monoisotopic (exact) mass is 219 g/mol. The van der Waals surface area contributed by atoms with Gasteiger partial charge in [-0.15, -0.1) is 0 Å². The Morgan fingerprint density at radius 1 is 1.00 bits per heavy atom. The lowest BCUT2D eigenvalue weighted by Gasteiger charge is -2.07. The van der Waals surface area contributed by atoms with Crippen molar-refractivity contribution in [3.63, 3.8) is 0 Å². The van der Waals surface area contributed by atoms with Gasteiger partial charge < -0.3 is 14.9 Å². The van der Waals surface area contributed by atoms with E-state index in [0.717, 1.165) is 11.3 Å². The van der Waals surface area contributed by atoms with Crippen molar-refractivity contribution in [3.05, 3.63) is 42.0 Å². The molecule has 1 aromatic heterocycles. The van der Waals surface area contributed by atoms with E-state index in [0.29, 0.717) is 6.54 Å². The number of nitrogens with zero attached hydrogens (tertiary/aromatic N) is 1. The molecule has 0 atom stereocenters. The largest absolute Gasteiger partial charge is 0.497 e. The summed E-state index contributed by atoms with van der Waals surface area (Å²) in [5.41, 5.74) is 0.975. The summed E-state index contributed by atoms with van der Waals surface area (Å²) >= 11 is 0. The fourth-order valence-corrected chi connectivity index (χ4v) is 1.52. The van der Waals surface area contributed by atoms with Crippen molar-refractivity contribution >= 4 is 0 Å². The Bertz CT molecular complexity index is 454. The van der Waals surface area contributed by atoms with E-state index in [1.54, 1.807) is 7.11 Å². The number of ether oxygens (including phenoxy) is 1. The number of hydrogen-bond donors (Lipinski definition) is 2. The van der Waals surface area contributed by atoms with Gasteiger partial charge in [0.15, 0.2) is 11.8 Å². The van der Waals surface area contributed by atoms with E-state index in [1.165, 1.54) is 16.7 Å². The molecule has 0 unspecified atom stereocenters. The summed E-state index contributed by atoms with van der Waals surface area (Å²) in [5, 5.41) is 18.9. The van der Waals surface area contributed by atoms with Gasteiger partial charge in [0.05, 0.1) is 13.7 Å². The lowest BCUT2D eigenvalue weighted by atomic mass is 10.2. The average Bonchev–Trinajstić information content (AvgIpc) is 2.62. The maximum absolute atomic E-state index is 9.47. The van der Waals surface area contributed by atoms with E-state index in [1.807, 2.05) is 24.3 Å². The van der Waals surface area contributed by atoms with Crippen LogP contribution in [0.1, 0.15) is 5.56 Å². The molecule has 0 amide bonds. The van der Waals surface area contributed by atoms with E-state index < -0.39 is 0 Å². The predicted octanol–water partition coefficient (Wildman–Crippen LogP) is 1.96. The molecule has 1 heterocycles. The second-order valence-corrected chi connectivity index (χ2v) is 3.48. The second-order valence-electron chi connectivity index (χ2n) is 3.48. The smallest absolute Gasteiger partial charge is 0.194 e. The Kier molecular flexibility index (Phi) is 2.72. The minimum atomic E-state index is 0.0494. The van der Waals surface area contributed by atoms with E-state index in [-0.39, 0.29) is 11.8 Å². The molecule has 0 spiro atoms. The van der Waals surface area contributed by atoms with Crippen LogP contribution in [0.5, 0.6) is 17.5 Å². The summed E-state index contributed by atoms with van der Waals surface area (Å²) < 4.78 is 6.46.